The van der Waals surface area contributed by atoms with Crippen LogP contribution in [0, 0.1) is 5.92 Å². The number of rotatable bonds is 1. The minimum Gasteiger partial charge on any atom is -0.497 e. The first kappa shape index (κ1) is 7.91. The van der Waals surface area contributed by atoms with Crippen LogP contribution in [0.25, 0.3) is 0 Å². The zero-order valence-electron chi connectivity index (χ0n) is 7.10. The lowest BCUT2D eigenvalue weighted by molar-refractivity contribution is -0.118. The van der Waals surface area contributed by atoms with E-state index in [0.717, 1.165) is 0 Å². The molecule has 1 heterocycles. The predicted molar refractivity (Wildman–Crippen MR) is 48.7 cm³/mol. The van der Waals surface area contributed by atoms with E-state index in [1.165, 1.54) is 6.34 Å². The first-order valence-corrected chi connectivity index (χ1v) is 3.89. The van der Waals surface area contributed by atoms with E-state index in [4.69, 9.17) is 4.74 Å². The van der Waals surface area contributed by atoms with Crippen LogP contribution in [-0.4, -0.2) is 25.1 Å². The number of allylic oxidation sites excluding steroid dienone is 2. The number of nitrogens with zero attached hydrogens (tertiary/aromatic N) is 2. The lowest BCUT2D eigenvalue weighted by atomic mass is 9.96. The summed E-state index contributed by atoms with van der Waals surface area (Å²) in [5, 5.41) is 0. The van der Waals surface area contributed by atoms with Gasteiger partial charge in [0.15, 0.2) is 0 Å². The summed E-state index contributed by atoms with van der Waals surface area (Å²) in [6, 6.07) is 0. The summed E-state index contributed by atoms with van der Waals surface area (Å²) in [6.45, 7) is 0. The second kappa shape index (κ2) is 2.97. The third-order valence-corrected chi connectivity index (χ3v) is 1.96. The fraction of sp³-hybridized carbons (Fsp3) is 0.222. The summed E-state index contributed by atoms with van der Waals surface area (Å²) in [5.41, 5.74) is 0.694. The number of methoxy groups -OCH3 is 1. The number of amides is 1. The van der Waals surface area contributed by atoms with Gasteiger partial charge < -0.3 is 4.74 Å². The van der Waals surface area contributed by atoms with Gasteiger partial charge in [-0.25, -0.2) is 9.98 Å². The Morgan fingerprint density at radius 1 is 1.54 bits per heavy atom. The molecule has 4 heteroatoms. The van der Waals surface area contributed by atoms with Crippen LogP contribution in [0.1, 0.15) is 0 Å². The second-order valence-electron chi connectivity index (χ2n) is 2.72. The molecule has 1 unspecified atom stereocenters. The lowest BCUT2D eigenvalue weighted by Gasteiger charge is -2.16. The second-order valence-corrected chi connectivity index (χ2v) is 2.72. The molecule has 2 aliphatic rings. The topological polar surface area (TPSA) is 51.0 Å². The molecule has 0 radical (unpaired) electrons. The van der Waals surface area contributed by atoms with Gasteiger partial charge in [-0.05, 0) is 6.08 Å². The van der Waals surface area contributed by atoms with Crippen LogP contribution in [0.4, 0.5) is 0 Å². The number of carbonyl (C=O) groups excluding carboxylic acids is 1. The molecule has 0 saturated heterocycles. The van der Waals surface area contributed by atoms with E-state index in [9.17, 15) is 4.79 Å². The van der Waals surface area contributed by atoms with Crippen LogP contribution >= 0.6 is 0 Å². The number of hydrogen-bond donors (Lipinski definition) is 0. The highest BCUT2D eigenvalue weighted by molar-refractivity contribution is 6.18. The molecule has 0 bridgehead atoms. The molecule has 0 fully saturated rings. The zero-order valence-corrected chi connectivity index (χ0v) is 7.10. The average molecular weight is 176 g/mol. The van der Waals surface area contributed by atoms with Crippen LogP contribution in [0.3, 0.4) is 0 Å². The molecule has 0 spiro atoms. The van der Waals surface area contributed by atoms with Gasteiger partial charge in [0.1, 0.15) is 18.0 Å². The fourth-order valence-electron chi connectivity index (χ4n) is 1.26. The molecule has 66 valence electrons. The van der Waals surface area contributed by atoms with Gasteiger partial charge in [-0.3, -0.25) is 4.79 Å². The first-order chi connectivity index (χ1) is 6.31. The third-order valence-electron chi connectivity index (χ3n) is 1.96. The normalized spacial score (nSPS) is 25.0. The van der Waals surface area contributed by atoms with E-state index in [1.807, 2.05) is 0 Å². The van der Waals surface area contributed by atoms with Crippen molar-refractivity contribution in [1.29, 1.82) is 0 Å². The number of ether oxygens (including phenoxy) is 1. The Morgan fingerprint density at radius 3 is 3.15 bits per heavy atom. The van der Waals surface area contributed by atoms with Gasteiger partial charge in [0.2, 0.25) is 0 Å². The van der Waals surface area contributed by atoms with Crippen LogP contribution in [-0.2, 0) is 9.53 Å². The molecule has 13 heavy (non-hydrogen) atoms. The van der Waals surface area contributed by atoms with Gasteiger partial charge in [0.25, 0.3) is 5.91 Å². The molecule has 1 aliphatic heterocycles. The van der Waals surface area contributed by atoms with Crippen molar-refractivity contribution in [1.82, 2.24) is 0 Å². The van der Waals surface area contributed by atoms with Crippen molar-refractivity contribution in [2.75, 3.05) is 7.11 Å². The predicted octanol–water partition coefficient (Wildman–Crippen LogP) is 0.712. The number of hydrogen-bond acceptors (Lipinski definition) is 3. The monoisotopic (exact) mass is 176 g/mol. The van der Waals surface area contributed by atoms with Gasteiger partial charge >= 0.3 is 0 Å². The van der Waals surface area contributed by atoms with Gasteiger partial charge in [0, 0.05) is 6.08 Å². The molecular formula is C9H8N2O2. The van der Waals surface area contributed by atoms with Gasteiger partial charge in [-0.2, -0.15) is 0 Å². The number of aliphatic imine (C=N–C) groups is 2. The van der Waals surface area contributed by atoms with Crippen molar-refractivity contribution in [3.63, 3.8) is 0 Å². The molecule has 2 rings (SSSR count). The van der Waals surface area contributed by atoms with Crippen molar-refractivity contribution >= 4 is 18.0 Å². The molecule has 1 aliphatic carbocycles. The molecule has 1 amide bonds. The largest absolute Gasteiger partial charge is 0.497 e. The quantitative estimate of drug-likeness (QED) is 0.590. The van der Waals surface area contributed by atoms with Crippen molar-refractivity contribution in [3.05, 3.63) is 24.0 Å². The summed E-state index contributed by atoms with van der Waals surface area (Å²) in [6.07, 6.45) is 6.52. The minimum atomic E-state index is -0.316. The van der Waals surface area contributed by atoms with E-state index in [2.05, 4.69) is 9.98 Å². The summed E-state index contributed by atoms with van der Waals surface area (Å²) < 4.78 is 5.01. The van der Waals surface area contributed by atoms with Crippen molar-refractivity contribution in [2.24, 2.45) is 15.9 Å². The van der Waals surface area contributed by atoms with Crippen molar-refractivity contribution in [2.45, 2.75) is 0 Å². The van der Waals surface area contributed by atoms with Crippen molar-refractivity contribution in [3.8, 4) is 0 Å². The Hall–Kier alpha value is -1.71. The van der Waals surface area contributed by atoms with E-state index >= 15 is 0 Å². The van der Waals surface area contributed by atoms with Crippen LogP contribution < -0.4 is 0 Å². The molecule has 0 saturated carbocycles. The van der Waals surface area contributed by atoms with Gasteiger partial charge in [-0.15, -0.1) is 0 Å². The minimum absolute atomic E-state index is 0.173. The van der Waals surface area contributed by atoms with Crippen LogP contribution in [0.5, 0.6) is 0 Å². The molecular weight excluding hydrogens is 168 g/mol. The van der Waals surface area contributed by atoms with Gasteiger partial charge in [0.05, 0.1) is 12.8 Å². The maximum absolute atomic E-state index is 11.2. The Labute approximate surface area is 75.3 Å². The zero-order chi connectivity index (χ0) is 9.26. The van der Waals surface area contributed by atoms with Crippen LogP contribution in [0.15, 0.2) is 34.0 Å². The molecule has 0 aromatic carbocycles. The van der Waals surface area contributed by atoms with E-state index in [0.29, 0.717) is 11.5 Å². The summed E-state index contributed by atoms with van der Waals surface area (Å²) in [5.74, 6) is 0.217. The molecule has 4 nitrogen and oxygen atoms in total. The molecule has 1 atom stereocenters. The third kappa shape index (κ3) is 1.30. The Balaban J connectivity index is 2.36. The number of fused-ring (bicyclic) bond motifs is 1. The molecule has 0 aromatic heterocycles. The standard InChI is InChI=1S/C9H8N2O2/c1-13-6-2-3-7-8(4-6)10-5-11-9(7)12/h2-5,7H,1H3. The smallest absolute Gasteiger partial charge is 0.260 e. The Morgan fingerprint density at radius 2 is 2.38 bits per heavy atom. The van der Waals surface area contributed by atoms with E-state index in [1.54, 1.807) is 25.3 Å². The SMILES string of the molecule is COC1=CC2=NC=NC(=O)C2C=C1. The number of carbonyl (C=O) groups is 1. The molecule has 0 N–H and O–H groups in total. The average Bonchev–Trinajstić information content (AvgIpc) is 2.18. The van der Waals surface area contributed by atoms with Gasteiger partial charge in [-0.1, -0.05) is 6.08 Å². The molecule has 0 aromatic rings. The highest BCUT2D eigenvalue weighted by Crippen LogP contribution is 2.18. The van der Waals surface area contributed by atoms with Crippen LogP contribution in [0.2, 0.25) is 0 Å². The highest BCUT2D eigenvalue weighted by Gasteiger charge is 2.24. The summed E-state index contributed by atoms with van der Waals surface area (Å²) >= 11 is 0. The maximum atomic E-state index is 11.2. The summed E-state index contributed by atoms with van der Waals surface area (Å²) in [7, 11) is 1.58. The summed E-state index contributed by atoms with van der Waals surface area (Å²) in [4.78, 5) is 18.8. The highest BCUT2D eigenvalue weighted by atomic mass is 16.5. The Kier molecular flexibility index (Phi) is 1.81. The van der Waals surface area contributed by atoms with Crippen molar-refractivity contribution < 1.29 is 9.53 Å². The van der Waals surface area contributed by atoms with E-state index in [-0.39, 0.29) is 11.8 Å². The Bertz CT molecular complexity index is 364. The van der Waals surface area contributed by atoms with E-state index < -0.39 is 0 Å². The fourth-order valence-corrected chi connectivity index (χ4v) is 1.26. The first-order valence-electron chi connectivity index (χ1n) is 3.89. The lowest BCUT2D eigenvalue weighted by Crippen LogP contribution is -2.24. The maximum Gasteiger partial charge on any atom is 0.260 e.